The predicted molar refractivity (Wildman–Crippen MR) is 110 cm³/mol. The van der Waals surface area contributed by atoms with Crippen molar-refractivity contribution in [3.63, 3.8) is 0 Å². The normalized spacial score (nSPS) is 33.5. The molecule has 0 spiro atoms. The highest BCUT2D eigenvalue weighted by Gasteiger charge is 2.57. The van der Waals surface area contributed by atoms with Crippen LogP contribution in [0.3, 0.4) is 0 Å². The summed E-state index contributed by atoms with van der Waals surface area (Å²) in [5.74, 6) is 1.77. The highest BCUT2D eigenvalue weighted by molar-refractivity contribution is 9.10. The fourth-order valence-corrected chi connectivity index (χ4v) is 8.03. The van der Waals surface area contributed by atoms with Gasteiger partial charge >= 0.3 is 5.69 Å². The van der Waals surface area contributed by atoms with Gasteiger partial charge in [0.1, 0.15) is 0 Å². The van der Waals surface area contributed by atoms with E-state index >= 15 is 0 Å². The third kappa shape index (κ3) is 3.31. The predicted octanol–water partition coefficient (Wildman–Crippen LogP) is 3.13. The number of aromatic nitrogens is 3. The smallest absolute Gasteiger partial charge is 0.350 e. The minimum absolute atomic E-state index is 0.127. The topological polar surface area (TPSA) is 68.4 Å². The van der Waals surface area contributed by atoms with Gasteiger partial charge in [0.25, 0.3) is 0 Å². The summed E-state index contributed by atoms with van der Waals surface area (Å²) in [6.45, 7) is 1.10. The zero-order valence-electron chi connectivity index (χ0n) is 16.1. The highest BCUT2D eigenvalue weighted by atomic mass is 79.9. The molecule has 0 aliphatic heterocycles. The van der Waals surface area contributed by atoms with Gasteiger partial charge in [-0.15, -0.1) is 5.10 Å². The molecule has 28 heavy (non-hydrogen) atoms. The monoisotopic (exact) mass is 446 g/mol. The maximum Gasteiger partial charge on any atom is 0.350 e. The largest absolute Gasteiger partial charge is 0.356 e. The number of alkyl halides is 1. The van der Waals surface area contributed by atoms with Crippen LogP contribution < -0.4 is 11.0 Å². The number of hydrogen-bond acceptors (Lipinski definition) is 3. The first-order chi connectivity index (χ1) is 13.4. The lowest BCUT2D eigenvalue weighted by Gasteiger charge is -2.60. The van der Waals surface area contributed by atoms with Crippen LogP contribution in [0.2, 0.25) is 0 Å². The van der Waals surface area contributed by atoms with Crippen LogP contribution in [-0.2, 0) is 11.3 Å². The van der Waals surface area contributed by atoms with Gasteiger partial charge in [-0.1, -0.05) is 22.0 Å². The van der Waals surface area contributed by atoms with E-state index in [2.05, 4.69) is 26.3 Å². The molecule has 1 amide bonds. The summed E-state index contributed by atoms with van der Waals surface area (Å²) < 4.78 is 3.32. The molecule has 6 nitrogen and oxygen atoms in total. The summed E-state index contributed by atoms with van der Waals surface area (Å²) in [5.41, 5.74) is 0.732. The Hall–Kier alpha value is -1.63. The lowest BCUT2D eigenvalue weighted by molar-refractivity contribution is -0.128. The molecule has 2 atom stereocenters. The molecule has 6 rings (SSSR count). The van der Waals surface area contributed by atoms with E-state index in [1.807, 2.05) is 18.2 Å². The molecular weight excluding hydrogens is 420 g/mol. The van der Waals surface area contributed by atoms with Crippen LogP contribution in [0.15, 0.2) is 29.2 Å². The van der Waals surface area contributed by atoms with E-state index in [9.17, 15) is 9.59 Å². The van der Waals surface area contributed by atoms with E-state index in [0.717, 1.165) is 18.3 Å². The van der Waals surface area contributed by atoms with Crippen molar-refractivity contribution in [3.8, 4) is 0 Å². The quantitative estimate of drug-likeness (QED) is 0.547. The van der Waals surface area contributed by atoms with E-state index in [4.69, 9.17) is 0 Å². The number of aryl methyl sites for hydroxylation is 1. The van der Waals surface area contributed by atoms with Crippen LogP contribution in [-0.4, -0.2) is 31.0 Å². The van der Waals surface area contributed by atoms with Crippen molar-refractivity contribution in [1.82, 2.24) is 19.5 Å². The van der Waals surface area contributed by atoms with Crippen molar-refractivity contribution in [2.24, 2.45) is 17.3 Å². The molecule has 4 saturated carbocycles. The van der Waals surface area contributed by atoms with Gasteiger partial charge in [-0.3, -0.25) is 9.20 Å². The van der Waals surface area contributed by atoms with E-state index in [1.165, 1.54) is 36.8 Å². The second-order valence-electron chi connectivity index (χ2n) is 9.43. The number of nitrogens with zero attached hydrogens (tertiary/aromatic N) is 3. The first kappa shape index (κ1) is 18.4. The molecule has 2 aromatic rings. The number of halogens is 1. The molecule has 7 heteroatoms. The summed E-state index contributed by atoms with van der Waals surface area (Å²) in [5, 5.41) is 7.42. The highest BCUT2D eigenvalue weighted by Crippen LogP contribution is 2.65. The molecule has 0 saturated heterocycles. The number of nitrogens with one attached hydrogen (secondary N) is 1. The number of carbonyl (C=O) groups is 1. The number of fused-ring (bicyclic) bond motifs is 1. The Morgan fingerprint density at radius 2 is 2.04 bits per heavy atom. The number of hydrogen-bond donors (Lipinski definition) is 1. The van der Waals surface area contributed by atoms with E-state index < -0.39 is 0 Å². The molecule has 4 bridgehead atoms. The van der Waals surface area contributed by atoms with Gasteiger partial charge in [0.15, 0.2) is 5.65 Å². The van der Waals surface area contributed by atoms with Gasteiger partial charge < -0.3 is 5.32 Å². The Labute approximate surface area is 172 Å². The molecule has 0 aromatic carbocycles. The standard InChI is InChI=1S/C21H27BrN4O2/c22-21-11-15-8-16(12-21)10-20(9-15,14-21)13-18(27)23-5-3-7-26-19(28)25-6-2-1-4-17(25)24-26/h1-2,4,6,15-16H,3,5,7-14H2,(H,23,27). The van der Waals surface area contributed by atoms with Crippen LogP contribution in [0.5, 0.6) is 0 Å². The van der Waals surface area contributed by atoms with Crippen LogP contribution in [0.4, 0.5) is 0 Å². The molecule has 4 aliphatic rings. The summed E-state index contributed by atoms with van der Waals surface area (Å²) in [4.78, 5) is 24.9. The van der Waals surface area contributed by atoms with Crippen LogP contribution >= 0.6 is 15.9 Å². The van der Waals surface area contributed by atoms with Gasteiger partial charge in [-0.05, 0) is 74.3 Å². The van der Waals surface area contributed by atoms with Crippen molar-refractivity contribution in [2.45, 2.75) is 62.2 Å². The molecule has 1 N–H and O–H groups in total. The Morgan fingerprint density at radius 3 is 2.75 bits per heavy atom. The van der Waals surface area contributed by atoms with Gasteiger partial charge in [0.05, 0.1) is 0 Å². The fraction of sp³-hybridized carbons (Fsp3) is 0.667. The molecule has 2 unspecified atom stereocenters. The Balaban J connectivity index is 1.14. The molecule has 4 fully saturated rings. The fourth-order valence-electron chi connectivity index (χ4n) is 6.52. The van der Waals surface area contributed by atoms with E-state index in [-0.39, 0.29) is 17.0 Å². The third-order valence-electron chi connectivity index (χ3n) is 7.00. The minimum atomic E-state index is -0.127. The molecular formula is C21H27BrN4O2. The van der Waals surface area contributed by atoms with Crippen molar-refractivity contribution in [2.75, 3.05) is 6.54 Å². The van der Waals surface area contributed by atoms with Crippen LogP contribution in [0.1, 0.15) is 51.4 Å². The summed E-state index contributed by atoms with van der Waals surface area (Å²) in [6.07, 6.45) is 10.6. The summed E-state index contributed by atoms with van der Waals surface area (Å²) in [6, 6.07) is 5.51. The van der Waals surface area contributed by atoms with Crippen LogP contribution in [0, 0.1) is 17.3 Å². The Bertz CT molecular complexity index is 951. The Kier molecular flexibility index (Phi) is 4.41. The van der Waals surface area contributed by atoms with Gasteiger partial charge in [-0.2, -0.15) is 0 Å². The maximum absolute atomic E-state index is 12.6. The molecule has 2 aromatic heterocycles. The molecule has 2 heterocycles. The zero-order chi connectivity index (χ0) is 19.4. The van der Waals surface area contributed by atoms with Crippen molar-refractivity contribution >= 4 is 27.5 Å². The molecule has 150 valence electrons. The number of rotatable bonds is 6. The van der Waals surface area contributed by atoms with E-state index in [1.54, 1.807) is 10.6 Å². The SMILES string of the molecule is O=C(CC12CC3CC(CC(Br)(C3)C1)C2)NCCCn1nc2ccccn2c1=O. The van der Waals surface area contributed by atoms with E-state index in [0.29, 0.717) is 35.9 Å². The average molecular weight is 447 g/mol. The number of carbonyl (C=O) groups excluding carboxylic acids is 1. The molecule has 0 radical (unpaired) electrons. The van der Waals surface area contributed by atoms with Crippen molar-refractivity contribution in [3.05, 3.63) is 34.9 Å². The number of amides is 1. The first-order valence-corrected chi connectivity index (χ1v) is 11.2. The summed E-state index contributed by atoms with van der Waals surface area (Å²) in [7, 11) is 0. The van der Waals surface area contributed by atoms with Crippen molar-refractivity contribution < 1.29 is 4.79 Å². The second kappa shape index (κ2) is 6.71. The average Bonchev–Trinajstić information content (AvgIpc) is 2.92. The first-order valence-electron chi connectivity index (χ1n) is 10.4. The maximum atomic E-state index is 12.6. The second-order valence-corrected chi connectivity index (χ2v) is 11.1. The zero-order valence-corrected chi connectivity index (χ0v) is 17.7. The van der Waals surface area contributed by atoms with Gasteiger partial charge in [0.2, 0.25) is 5.91 Å². The lowest BCUT2D eigenvalue weighted by Crippen LogP contribution is -2.54. The summed E-state index contributed by atoms with van der Waals surface area (Å²) >= 11 is 4.02. The van der Waals surface area contributed by atoms with Crippen molar-refractivity contribution in [1.29, 1.82) is 0 Å². The molecule has 4 aliphatic carbocycles. The Morgan fingerprint density at radius 1 is 1.25 bits per heavy atom. The third-order valence-corrected chi connectivity index (χ3v) is 7.93. The van der Waals surface area contributed by atoms with Gasteiger partial charge in [-0.25, -0.2) is 9.48 Å². The number of pyridine rings is 1. The van der Waals surface area contributed by atoms with Gasteiger partial charge in [0, 0.05) is 30.0 Å². The lowest BCUT2D eigenvalue weighted by atomic mass is 9.48. The van der Waals surface area contributed by atoms with Crippen LogP contribution in [0.25, 0.3) is 5.65 Å². The minimum Gasteiger partial charge on any atom is -0.356 e.